The van der Waals surface area contributed by atoms with Gasteiger partial charge >= 0.3 is 0 Å². The summed E-state index contributed by atoms with van der Waals surface area (Å²) in [7, 11) is -3.09. The molecular formula is C9H13NO3S2. The van der Waals surface area contributed by atoms with Gasteiger partial charge in [-0.15, -0.1) is 11.3 Å². The fourth-order valence-electron chi connectivity index (χ4n) is 1.57. The standard InChI is InChI=1S/C9H13NO3S2/c1-15(11,12)10-4-5-13-8(7-10)9-3-2-6-14-9/h2-3,6,8H,4-5,7H2,1H3. The molecule has 2 heterocycles. The van der Waals surface area contributed by atoms with Gasteiger partial charge in [-0.3, -0.25) is 0 Å². The first-order valence-electron chi connectivity index (χ1n) is 4.67. The van der Waals surface area contributed by atoms with Crippen LogP contribution in [0.25, 0.3) is 0 Å². The van der Waals surface area contributed by atoms with Gasteiger partial charge in [0.15, 0.2) is 0 Å². The third-order valence-electron chi connectivity index (χ3n) is 2.36. The van der Waals surface area contributed by atoms with Gasteiger partial charge in [0.05, 0.1) is 12.9 Å². The molecule has 0 saturated carbocycles. The molecule has 1 aromatic rings. The Bertz CT molecular complexity index is 413. The lowest BCUT2D eigenvalue weighted by Crippen LogP contribution is -2.41. The molecule has 0 bridgehead atoms. The van der Waals surface area contributed by atoms with E-state index in [0.29, 0.717) is 19.7 Å². The molecule has 1 saturated heterocycles. The number of ether oxygens (including phenoxy) is 1. The van der Waals surface area contributed by atoms with Crippen LogP contribution in [0.1, 0.15) is 11.0 Å². The monoisotopic (exact) mass is 247 g/mol. The van der Waals surface area contributed by atoms with Crippen molar-refractivity contribution < 1.29 is 13.2 Å². The molecule has 6 heteroatoms. The minimum Gasteiger partial charge on any atom is -0.370 e. The predicted molar refractivity (Wildman–Crippen MR) is 59.4 cm³/mol. The van der Waals surface area contributed by atoms with Crippen molar-refractivity contribution >= 4 is 21.4 Å². The fraction of sp³-hybridized carbons (Fsp3) is 0.556. The lowest BCUT2D eigenvalue weighted by Gasteiger charge is -2.30. The summed E-state index contributed by atoms with van der Waals surface area (Å²) in [4.78, 5) is 1.09. The molecule has 0 radical (unpaired) electrons. The first-order chi connectivity index (χ1) is 7.07. The van der Waals surface area contributed by atoms with Gasteiger partial charge in [-0.1, -0.05) is 6.07 Å². The maximum atomic E-state index is 11.4. The summed E-state index contributed by atoms with van der Waals surface area (Å²) in [6, 6.07) is 3.92. The zero-order valence-electron chi connectivity index (χ0n) is 8.42. The Hall–Kier alpha value is -0.430. The highest BCUT2D eigenvalue weighted by Gasteiger charge is 2.27. The number of sulfonamides is 1. The average Bonchev–Trinajstić information content (AvgIpc) is 2.69. The highest BCUT2D eigenvalue weighted by molar-refractivity contribution is 7.88. The summed E-state index contributed by atoms with van der Waals surface area (Å²) < 4.78 is 29.8. The van der Waals surface area contributed by atoms with Gasteiger partial charge in [-0.2, -0.15) is 4.31 Å². The topological polar surface area (TPSA) is 46.6 Å². The van der Waals surface area contributed by atoms with Gasteiger partial charge in [0, 0.05) is 18.0 Å². The van der Waals surface area contributed by atoms with Crippen LogP contribution in [0.4, 0.5) is 0 Å². The molecule has 1 atom stereocenters. The van der Waals surface area contributed by atoms with Gasteiger partial charge < -0.3 is 4.74 Å². The Morgan fingerprint density at radius 2 is 2.40 bits per heavy atom. The second kappa shape index (κ2) is 4.21. The Kier molecular flexibility index (Phi) is 3.11. The SMILES string of the molecule is CS(=O)(=O)N1CCOC(c2cccs2)C1. The number of hydrogen-bond donors (Lipinski definition) is 0. The van der Waals surface area contributed by atoms with Crippen molar-refractivity contribution in [1.29, 1.82) is 0 Å². The molecule has 0 N–H and O–H groups in total. The molecule has 4 nitrogen and oxygen atoms in total. The van der Waals surface area contributed by atoms with Gasteiger partial charge in [0.1, 0.15) is 6.10 Å². The highest BCUT2D eigenvalue weighted by atomic mass is 32.2. The summed E-state index contributed by atoms with van der Waals surface area (Å²) in [5.74, 6) is 0. The van der Waals surface area contributed by atoms with Gasteiger partial charge in [-0.05, 0) is 11.4 Å². The smallest absolute Gasteiger partial charge is 0.211 e. The van der Waals surface area contributed by atoms with E-state index in [1.54, 1.807) is 11.3 Å². The minimum absolute atomic E-state index is 0.103. The van der Waals surface area contributed by atoms with Crippen LogP contribution in [0.2, 0.25) is 0 Å². The van der Waals surface area contributed by atoms with E-state index >= 15 is 0 Å². The number of rotatable bonds is 2. The number of nitrogens with zero attached hydrogens (tertiary/aromatic N) is 1. The van der Waals surface area contributed by atoms with Crippen LogP contribution >= 0.6 is 11.3 Å². The lowest BCUT2D eigenvalue weighted by molar-refractivity contribution is -0.000290. The van der Waals surface area contributed by atoms with E-state index in [2.05, 4.69) is 0 Å². The Balaban J connectivity index is 2.12. The molecule has 1 fully saturated rings. The van der Waals surface area contributed by atoms with Crippen LogP contribution in [0.3, 0.4) is 0 Å². The Morgan fingerprint density at radius 1 is 1.60 bits per heavy atom. The summed E-state index contributed by atoms with van der Waals surface area (Å²) in [6.45, 7) is 1.36. The quantitative estimate of drug-likeness (QED) is 0.785. The summed E-state index contributed by atoms with van der Waals surface area (Å²) in [5, 5.41) is 1.97. The van der Waals surface area contributed by atoms with Crippen LogP contribution in [-0.4, -0.2) is 38.7 Å². The molecular weight excluding hydrogens is 234 g/mol. The molecule has 1 unspecified atom stereocenters. The number of thiophene rings is 1. The molecule has 0 amide bonds. The van der Waals surface area contributed by atoms with E-state index in [1.165, 1.54) is 10.6 Å². The van der Waals surface area contributed by atoms with Crippen molar-refractivity contribution in [3.05, 3.63) is 22.4 Å². The lowest BCUT2D eigenvalue weighted by atomic mass is 10.2. The van der Waals surface area contributed by atoms with Crippen LogP contribution in [0.15, 0.2) is 17.5 Å². The zero-order valence-corrected chi connectivity index (χ0v) is 10.1. The predicted octanol–water partition coefficient (Wildman–Crippen LogP) is 1.08. The second-order valence-corrected chi connectivity index (χ2v) is 6.46. The van der Waals surface area contributed by atoms with Crippen LogP contribution in [0.5, 0.6) is 0 Å². The molecule has 0 aliphatic carbocycles. The molecule has 84 valence electrons. The average molecular weight is 247 g/mol. The normalized spacial score (nSPS) is 24.2. The first kappa shape index (κ1) is 11.1. The van der Waals surface area contributed by atoms with E-state index in [9.17, 15) is 8.42 Å². The molecule has 1 aliphatic rings. The van der Waals surface area contributed by atoms with Crippen LogP contribution in [-0.2, 0) is 14.8 Å². The highest BCUT2D eigenvalue weighted by Crippen LogP contribution is 2.26. The Morgan fingerprint density at radius 3 is 3.00 bits per heavy atom. The minimum atomic E-state index is -3.09. The van der Waals surface area contributed by atoms with E-state index in [-0.39, 0.29) is 6.10 Å². The van der Waals surface area contributed by atoms with Crippen molar-refractivity contribution in [1.82, 2.24) is 4.31 Å². The van der Waals surface area contributed by atoms with Crippen molar-refractivity contribution in [3.8, 4) is 0 Å². The van der Waals surface area contributed by atoms with Gasteiger partial charge in [0.25, 0.3) is 0 Å². The van der Waals surface area contributed by atoms with Crippen LogP contribution < -0.4 is 0 Å². The van der Waals surface area contributed by atoms with Crippen molar-refractivity contribution in [3.63, 3.8) is 0 Å². The third kappa shape index (κ3) is 2.57. The fourth-order valence-corrected chi connectivity index (χ4v) is 3.15. The summed E-state index contributed by atoms with van der Waals surface area (Å²) >= 11 is 1.60. The van der Waals surface area contributed by atoms with E-state index in [4.69, 9.17) is 4.74 Å². The molecule has 0 spiro atoms. The van der Waals surface area contributed by atoms with E-state index in [1.807, 2.05) is 17.5 Å². The third-order valence-corrected chi connectivity index (χ3v) is 4.59. The number of hydrogen-bond acceptors (Lipinski definition) is 4. The van der Waals surface area contributed by atoms with E-state index in [0.717, 1.165) is 4.88 Å². The summed E-state index contributed by atoms with van der Waals surface area (Å²) in [5.41, 5.74) is 0. The van der Waals surface area contributed by atoms with Crippen molar-refractivity contribution in [2.24, 2.45) is 0 Å². The first-order valence-corrected chi connectivity index (χ1v) is 7.40. The van der Waals surface area contributed by atoms with Crippen molar-refractivity contribution in [2.45, 2.75) is 6.10 Å². The molecule has 1 aliphatic heterocycles. The molecule has 2 rings (SSSR count). The van der Waals surface area contributed by atoms with Crippen LogP contribution in [0, 0.1) is 0 Å². The second-order valence-electron chi connectivity index (χ2n) is 3.50. The van der Waals surface area contributed by atoms with Gasteiger partial charge in [-0.25, -0.2) is 8.42 Å². The van der Waals surface area contributed by atoms with Crippen molar-refractivity contribution in [2.75, 3.05) is 26.0 Å². The van der Waals surface area contributed by atoms with Gasteiger partial charge in [0.2, 0.25) is 10.0 Å². The maximum absolute atomic E-state index is 11.4. The largest absolute Gasteiger partial charge is 0.370 e. The zero-order chi connectivity index (χ0) is 10.9. The Labute approximate surface area is 93.5 Å². The molecule has 0 aromatic carbocycles. The molecule has 1 aromatic heterocycles. The van der Waals surface area contributed by atoms with E-state index < -0.39 is 10.0 Å². The number of morpholine rings is 1. The summed E-state index contributed by atoms with van der Waals surface area (Å²) in [6.07, 6.45) is 1.14. The molecule has 15 heavy (non-hydrogen) atoms. The maximum Gasteiger partial charge on any atom is 0.211 e.